The molecule has 0 aliphatic heterocycles. The van der Waals surface area contributed by atoms with Gasteiger partial charge in [0.1, 0.15) is 24.2 Å². The van der Waals surface area contributed by atoms with E-state index in [-0.39, 0.29) is 35.6 Å². The van der Waals surface area contributed by atoms with Crippen molar-refractivity contribution in [2.24, 2.45) is 5.92 Å². The summed E-state index contributed by atoms with van der Waals surface area (Å²) in [7, 11) is -4.25. The van der Waals surface area contributed by atoms with Gasteiger partial charge in [0.05, 0.1) is 17.2 Å². The van der Waals surface area contributed by atoms with Gasteiger partial charge in [-0.05, 0) is 80.1 Å². The fourth-order valence-electron chi connectivity index (χ4n) is 4.15. The quantitative estimate of drug-likeness (QED) is 0.246. The van der Waals surface area contributed by atoms with Crippen LogP contribution in [0.25, 0.3) is 0 Å². The normalized spacial score (nSPS) is 12.1. The van der Waals surface area contributed by atoms with E-state index in [2.05, 4.69) is 5.32 Å². The maximum Gasteiger partial charge on any atom is 0.264 e. The fraction of sp³-hybridized carbons (Fsp3) is 0.355. The first-order valence-electron chi connectivity index (χ1n) is 13.7. The number of benzene rings is 3. The first kappa shape index (κ1) is 32.9. The Balaban J connectivity index is 2.06. The van der Waals surface area contributed by atoms with E-state index in [1.165, 1.54) is 53.1 Å². The molecule has 3 aromatic carbocycles. The molecule has 0 spiro atoms. The van der Waals surface area contributed by atoms with Gasteiger partial charge < -0.3 is 15.0 Å². The summed E-state index contributed by atoms with van der Waals surface area (Å²) in [5, 5.41) is 2.84. The van der Waals surface area contributed by atoms with Crippen LogP contribution in [0.15, 0.2) is 82.6 Å². The highest BCUT2D eigenvalue weighted by Gasteiger charge is 2.33. The summed E-state index contributed by atoms with van der Waals surface area (Å²) in [4.78, 5) is 29.3. The Kier molecular flexibility index (Phi) is 11.8. The third-order valence-electron chi connectivity index (χ3n) is 6.48. The smallest absolute Gasteiger partial charge is 0.264 e. The minimum atomic E-state index is -4.25. The SMILES string of the molecule is CCOc1ccccc1N(CC(=O)N(Cc1ccc(F)cc1)C(C)C(=O)NCC(C)C)S(=O)(=O)c1ccc(SC)cc1. The van der Waals surface area contributed by atoms with E-state index in [1.54, 1.807) is 50.2 Å². The van der Waals surface area contributed by atoms with Crippen molar-refractivity contribution in [3.63, 3.8) is 0 Å². The van der Waals surface area contributed by atoms with Crippen molar-refractivity contribution < 1.29 is 27.1 Å². The number of thioether (sulfide) groups is 1. The topological polar surface area (TPSA) is 96.0 Å². The average Bonchev–Trinajstić information content (AvgIpc) is 2.98. The van der Waals surface area contributed by atoms with Gasteiger partial charge in [0.2, 0.25) is 11.8 Å². The van der Waals surface area contributed by atoms with Crippen molar-refractivity contribution in [3.05, 3.63) is 84.2 Å². The van der Waals surface area contributed by atoms with Crippen molar-refractivity contribution >= 4 is 39.3 Å². The first-order chi connectivity index (χ1) is 20.0. The Morgan fingerprint density at radius 3 is 2.21 bits per heavy atom. The number of para-hydroxylation sites is 2. The van der Waals surface area contributed by atoms with E-state index >= 15 is 0 Å². The van der Waals surface area contributed by atoms with Crippen LogP contribution in [0.4, 0.5) is 10.1 Å². The molecule has 0 aromatic heterocycles. The predicted molar refractivity (Wildman–Crippen MR) is 165 cm³/mol. The summed E-state index contributed by atoms with van der Waals surface area (Å²) in [6.07, 6.45) is 1.89. The molecule has 0 saturated carbocycles. The third-order valence-corrected chi connectivity index (χ3v) is 9.00. The summed E-state index contributed by atoms with van der Waals surface area (Å²) in [5.41, 5.74) is 0.783. The highest BCUT2D eigenvalue weighted by Crippen LogP contribution is 2.33. The molecule has 1 atom stereocenters. The molecule has 0 aliphatic rings. The molecule has 0 bridgehead atoms. The number of amides is 2. The number of rotatable bonds is 14. The summed E-state index contributed by atoms with van der Waals surface area (Å²) in [5.74, 6) is -0.935. The van der Waals surface area contributed by atoms with E-state index in [0.717, 1.165) is 9.20 Å². The molecule has 1 unspecified atom stereocenters. The van der Waals surface area contributed by atoms with Crippen LogP contribution in [-0.2, 0) is 26.2 Å². The molecule has 2 amide bonds. The van der Waals surface area contributed by atoms with Crippen molar-refractivity contribution in [1.82, 2.24) is 10.2 Å². The van der Waals surface area contributed by atoms with Gasteiger partial charge in [-0.1, -0.05) is 38.1 Å². The van der Waals surface area contributed by atoms with Crippen LogP contribution in [0.5, 0.6) is 5.75 Å². The van der Waals surface area contributed by atoms with Gasteiger partial charge >= 0.3 is 0 Å². The maximum atomic E-state index is 14.1. The number of nitrogens with zero attached hydrogens (tertiary/aromatic N) is 2. The molecule has 0 saturated heterocycles. The standard InChI is InChI=1S/C31H38FN3O5S2/c1-6-40-29-10-8-7-9-28(29)35(42(38,39)27-17-15-26(41-5)16-18-27)21-30(36)34(20-24-11-13-25(32)14-12-24)23(4)31(37)33-19-22(2)3/h7-18,22-23H,6,19-21H2,1-5H3,(H,33,37). The number of halogens is 1. The molecule has 11 heteroatoms. The van der Waals surface area contributed by atoms with Gasteiger partial charge in [-0.3, -0.25) is 13.9 Å². The van der Waals surface area contributed by atoms with Gasteiger partial charge in [-0.25, -0.2) is 12.8 Å². The number of carbonyl (C=O) groups excluding carboxylic acids is 2. The van der Waals surface area contributed by atoms with Gasteiger partial charge in [-0.2, -0.15) is 0 Å². The third kappa shape index (κ3) is 8.48. The van der Waals surface area contributed by atoms with Crippen molar-refractivity contribution in [3.8, 4) is 5.75 Å². The van der Waals surface area contributed by atoms with Crippen LogP contribution >= 0.6 is 11.8 Å². The monoisotopic (exact) mass is 615 g/mol. The summed E-state index contributed by atoms with van der Waals surface area (Å²) in [6.45, 7) is 7.35. The molecule has 0 aliphatic carbocycles. The Bertz CT molecular complexity index is 1450. The zero-order valence-electron chi connectivity index (χ0n) is 24.5. The van der Waals surface area contributed by atoms with Crippen LogP contribution in [0.3, 0.4) is 0 Å². The molecule has 3 aromatic rings. The molecule has 0 fully saturated rings. The average molecular weight is 616 g/mol. The number of hydrogen-bond donors (Lipinski definition) is 1. The lowest BCUT2D eigenvalue weighted by Gasteiger charge is -2.32. The van der Waals surface area contributed by atoms with Crippen LogP contribution in [0.2, 0.25) is 0 Å². The van der Waals surface area contributed by atoms with E-state index in [9.17, 15) is 22.4 Å². The predicted octanol–water partition coefficient (Wildman–Crippen LogP) is 5.33. The van der Waals surface area contributed by atoms with E-state index < -0.39 is 34.3 Å². The number of anilines is 1. The van der Waals surface area contributed by atoms with Crippen LogP contribution in [0.1, 0.15) is 33.3 Å². The van der Waals surface area contributed by atoms with Gasteiger partial charge in [0, 0.05) is 18.0 Å². The van der Waals surface area contributed by atoms with Gasteiger partial charge in [-0.15, -0.1) is 11.8 Å². The number of ether oxygens (including phenoxy) is 1. The maximum absolute atomic E-state index is 14.1. The van der Waals surface area contributed by atoms with E-state index in [0.29, 0.717) is 17.9 Å². The van der Waals surface area contributed by atoms with Crippen molar-refractivity contribution in [2.75, 3.05) is 30.3 Å². The lowest BCUT2D eigenvalue weighted by molar-refractivity contribution is -0.139. The molecule has 0 heterocycles. The number of carbonyl (C=O) groups is 2. The molecule has 3 rings (SSSR count). The summed E-state index contributed by atoms with van der Waals surface area (Å²) < 4.78 is 48.6. The van der Waals surface area contributed by atoms with E-state index in [1.807, 2.05) is 20.1 Å². The molecule has 8 nitrogen and oxygen atoms in total. The van der Waals surface area contributed by atoms with Gasteiger partial charge in [0.15, 0.2) is 0 Å². The molecule has 0 radical (unpaired) electrons. The van der Waals surface area contributed by atoms with Crippen molar-refractivity contribution in [2.45, 2.75) is 50.1 Å². The minimum absolute atomic E-state index is 0.00668. The van der Waals surface area contributed by atoms with Crippen LogP contribution in [0, 0.1) is 11.7 Å². The minimum Gasteiger partial charge on any atom is -0.492 e. The highest BCUT2D eigenvalue weighted by molar-refractivity contribution is 7.98. The molecule has 226 valence electrons. The molecular weight excluding hydrogens is 577 g/mol. The second-order valence-electron chi connectivity index (χ2n) is 10.1. The Morgan fingerprint density at radius 1 is 0.976 bits per heavy atom. The Morgan fingerprint density at radius 2 is 1.62 bits per heavy atom. The Hall–Kier alpha value is -3.57. The first-order valence-corrected chi connectivity index (χ1v) is 16.3. The number of hydrogen-bond acceptors (Lipinski definition) is 6. The van der Waals surface area contributed by atoms with Gasteiger partial charge in [0.25, 0.3) is 10.0 Å². The second-order valence-corrected chi connectivity index (χ2v) is 12.8. The zero-order valence-corrected chi connectivity index (χ0v) is 26.2. The number of sulfonamides is 1. The van der Waals surface area contributed by atoms with Crippen LogP contribution < -0.4 is 14.4 Å². The number of nitrogens with one attached hydrogen (secondary N) is 1. The largest absolute Gasteiger partial charge is 0.492 e. The highest BCUT2D eigenvalue weighted by atomic mass is 32.2. The zero-order chi connectivity index (χ0) is 30.9. The molecular formula is C31H38FN3O5S2. The van der Waals surface area contributed by atoms with Crippen LogP contribution in [-0.4, -0.2) is 57.1 Å². The summed E-state index contributed by atoms with van der Waals surface area (Å²) in [6, 6.07) is 17.7. The van der Waals surface area contributed by atoms with Crippen molar-refractivity contribution in [1.29, 1.82) is 0 Å². The lowest BCUT2D eigenvalue weighted by atomic mass is 10.1. The van der Waals surface area contributed by atoms with E-state index in [4.69, 9.17) is 4.74 Å². The molecule has 42 heavy (non-hydrogen) atoms. The Labute approximate surface area is 252 Å². The fourth-order valence-corrected chi connectivity index (χ4v) is 5.98. The second kappa shape index (κ2) is 15.1. The lowest BCUT2D eigenvalue weighted by Crippen LogP contribution is -2.51. The summed E-state index contributed by atoms with van der Waals surface area (Å²) >= 11 is 1.48. The molecule has 1 N–H and O–H groups in total.